The van der Waals surface area contributed by atoms with Crippen LogP contribution in [0.3, 0.4) is 0 Å². The van der Waals surface area contributed by atoms with Crippen LogP contribution in [0.5, 0.6) is 0 Å². The SMILES string of the molecule is CSCC[C@@H](NS(=O)(=O)c1c(Cl)cc(Br)cc1Cl)C(=O)O. The molecule has 0 unspecified atom stereocenters. The number of hydrogen-bond donors (Lipinski definition) is 2. The number of rotatable bonds is 7. The van der Waals surface area contributed by atoms with Crippen molar-refractivity contribution in [2.24, 2.45) is 0 Å². The maximum Gasteiger partial charge on any atom is 0.321 e. The number of hydrogen-bond acceptors (Lipinski definition) is 4. The predicted molar refractivity (Wildman–Crippen MR) is 88.9 cm³/mol. The first-order valence-corrected chi connectivity index (χ1v) is 10.00. The van der Waals surface area contributed by atoms with Gasteiger partial charge >= 0.3 is 5.97 Å². The van der Waals surface area contributed by atoms with E-state index >= 15 is 0 Å². The quantitative estimate of drug-likeness (QED) is 0.685. The number of benzene rings is 1. The average molecular weight is 437 g/mol. The molecule has 0 saturated heterocycles. The first-order valence-electron chi connectivity index (χ1n) is 5.57. The highest BCUT2D eigenvalue weighted by Gasteiger charge is 2.28. The van der Waals surface area contributed by atoms with Gasteiger partial charge in [-0.25, -0.2) is 8.42 Å². The van der Waals surface area contributed by atoms with Crippen LogP contribution in [0.2, 0.25) is 10.0 Å². The van der Waals surface area contributed by atoms with E-state index in [2.05, 4.69) is 20.7 Å². The van der Waals surface area contributed by atoms with Crippen molar-refractivity contribution >= 4 is 66.9 Å². The topological polar surface area (TPSA) is 83.5 Å². The molecule has 21 heavy (non-hydrogen) atoms. The number of carboxylic acids is 1. The van der Waals surface area contributed by atoms with Gasteiger partial charge in [0.15, 0.2) is 0 Å². The Balaban J connectivity index is 3.14. The van der Waals surface area contributed by atoms with Crippen LogP contribution in [0.1, 0.15) is 6.42 Å². The average Bonchev–Trinajstić information content (AvgIpc) is 2.32. The molecule has 2 N–H and O–H groups in total. The second kappa shape index (κ2) is 8.03. The van der Waals surface area contributed by atoms with Gasteiger partial charge < -0.3 is 5.11 Å². The number of halogens is 3. The smallest absolute Gasteiger partial charge is 0.321 e. The van der Waals surface area contributed by atoms with Crippen LogP contribution in [0, 0.1) is 0 Å². The van der Waals surface area contributed by atoms with Gasteiger partial charge in [-0.2, -0.15) is 16.5 Å². The molecule has 0 aromatic heterocycles. The minimum absolute atomic E-state index is 0.0871. The van der Waals surface area contributed by atoms with Gasteiger partial charge in [-0.1, -0.05) is 39.1 Å². The summed E-state index contributed by atoms with van der Waals surface area (Å²) in [5.41, 5.74) is 0. The minimum Gasteiger partial charge on any atom is -0.480 e. The Hall–Kier alpha value is 0.01000. The third-order valence-corrected chi connectivity index (χ3v) is 5.93. The van der Waals surface area contributed by atoms with E-state index in [0.29, 0.717) is 10.2 Å². The third kappa shape index (κ3) is 5.30. The molecule has 5 nitrogen and oxygen atoms in total. The van der Waals surface area contributed by atoms with Crippen LogP contribution in [-0.2, 0) is 14.8 Å². The van der Waals surface area contributed by atoms with E-state index in [-0.39, 0.29) is 21.4 Å². The monoisotopic (exact) mass is 435 g/mol. The molecule has 1 atom stereocenters. The second-order valence-corrected chi connectivity index (χ2v) is 8.36. The molecule has 0 radical (unpaired) electrons. The maximum atomic E-state index is 12.3. The molecule has 118 valence electrons. The lowest BCUT2D eigenvalue weighted by molar-refractivity contribution is -0.139. The van der Waals surface area contributed by atoms with Crippen LogP contribution < -0.4 is 4.72 Å². The Bertz CT molecular complexity index is 616. The Labute approximate surface area is 145 Å². The summed E-state index contributed by atoms with van der Waals surface area (Å²) in [7, 11) is -4.14. The molecule has 0 spiro atoms. The Morgan fingerprint density at radius 3 is 2.38 bits per heavy atom. The fraction of sp³-hybridized carbons (Fsp3) is 0.364. The van der Waals surface area contributed by atoms with Crippen LogP contribution in [0.4, 0.5) is 0 Å². The van der Waals surface area contributed by atoms with Gasteiger partial charge in [0, 0.05) is 4.47 Å². The highest BCUT2D eigenvalue weighted by atomic mass is 79.9. The highest BCUT2D eigenvalue weighted by Crippen LogP contribution is 2.32. The number of aliphatic carboxylic acids is 1. The van der Waals surface area contributed by atoms with Gasteiger partial charge in [0.2, 0.25) is 10.0 Å². The third-order valence-electron chi connectivity index (χ3n) is 2.44. The summed E-state index contributed by atoms with van der Waals surface area (Å²) in [5.74, 6) is -0.752. The van der Waals surface area contributed by atoms with Crippen LogP contribution in [-0.4, -0.2) is 37.5 Å². The van der Waals surface area contributed by atoms with Crippen molar-refractivity contribution < 1.29 is 18.3 Å². The molecular formula is C11H12BrCl2NO4S2. The number of nitrogens with one attached hydrogen (secondary N) is 1. The zero-order chi connectivity index (χ0) is 16.2. The molecule has 1 aromatic rings. The molecule has 0 fully saturated rings. The molecule has 10 heteroatoms. The fourth-order valence-electron chi connectivity index (χ4n) is 1.50. The zero-order valence-corrected chi connectivity index (χ0v) is 15.5. The van der Waals surface area contributed by atoms with E-state index in [9.17, 15) is 13.2 Å². The molecule has 0 aliphatic carbocycles. The zero-order valence-electron chi connectivity index (χ0n) is 10.8. The first-order chi connectivity index (χ1) is 9.69. The van der Waals surface area contributed by atoms with Gasteiger partial charge in [-0.3, -0.25) is 4.79 Å². The van der Waals surface area contributed by atoms with Gasteiger partial charge in [-0.15, -0.1) is 0 Å². The number of carboxylic acid groups (broad SMARTS) is 1. The Morgan fingerprint density at radius 1 is 1.43 bits per heavy atom. The molecule has 0 amide bonds. The second-order valence-electron chi connectivity index (χ2n) is 3.99. The van der Waals surface area contributed by atoms with E-state index < -0.39 is 22.0 Å². The summed E-state index contributed by atoms with van der Waals surface area (Å²) in [6.07, 6.45) is 1.96. The highest BCUT2D eigenvalue weighted by molar-refractivity contribution is 9.10. The summed E-state index contributed by atoms with van der Waals surface area (Å²) in [5, 5.41) is 8.91. The van der Waals surface area contributed by atoms with Crippen molar-refractivity contribution in [3.05, 3.63) is 26.7 Å². The summed E-state index contributed by atoms with van der Waals surface area (Å²) < 4.78 is 27.2. The van der Waals surface area contributed by atoms with Crippen LogP contribution >= 0.6 is 50.9 Å². The van der Waals surface area contributed by atoms with Crippen molar-refractivity contribution in [1.82, 2.24) is 4.72 Å². The standard InChI is InChI=1S/C11H12BrCl2NO4S2/c1-20-3-2-9(11(16)17)15-21(18,19)10-7(13)4-6(12)5-8(10)14/h4-5,9,15H,2-3H2,1H3,(H,16,17)/t9-/m1/s1. The van der Waals surface area contributed by atoms with Gasteiger partial charge in [0.05, 0.1) is 10.0 Å². The van der Waals surface area contributed by atoms with Crippen molar-refractivity contribution in [1.29, 1.82) is 0 Å². The number of thioether (sulfide) groups is 1. The number of sulfonamides is 1. The van der Waals surface area contributed by atoms with Gasteiger partial charge in [-0.05, 0) is 30.6 Å². The van der Waals surface area contributed by atoms with E-state index in [1.165, 1.54) is 23.9 Å². The molecule has 0 bridgehead atoms. The molecule has 1 aromatic carbocycles. The molecule has 0 heterocycles. The van der Waals surface area contributed by atoms with Gasteiger partial charge in [0.1, 0.15) is 10.9 Å². The molecule has 0 aliphatic heterocycles. The Kier molecular flexibility index (Phi) is 7.29. The van der Waals surface area contributed by atoms with E-state index in [1.807, 2.05) is 0 Å². The summed E-state index contributed by atoms with van der Waals surface area (Å²) in [6.45, 7) is 0. The lowest BCUT2D eigenvalue weighted by atomic mass is 10.2. The first kappa shape index (κ1) is 19.1. The summed E-state index contributed by atoms with van der Waals surface area (Å²) >= 11 is 16.4. The molecule has 1 rings (SSSR count). The van der Waals surface area contributed by atoms with Crippen molar-refractivity contribution in [2.45, 2.75) is 17.4 Å². The van der Waals surface area contributed by atoms with E-state index in [0.717, 1.165) is 0 Å². The largest absolute Gasteiger partial charge is 0.480 e. The van der Waals surface area contributed by atoms with Gasteiger partial charge in [0.25, 0.3) is 0 Å². The van der Waals surface area contributed by atoms with Crippen molar-refractivity contribution in [3.63, 3.8) is 0 Å². The lowest BCUT2D eigenvalue weighted by Crippen LogP contribution is -2.41. The van der Waals surface area contributed by atoms with Crippen molar-refractivity contribution in [3.8, 4) is 0 Å². The Morgan fingerprint density at radius 2 is 1.95 bits per heavy atom. The minimum atomic E-state index is -4.14. The van der Waals surface area contributed by atoms with Crippen LogP contribution in [0.25, 0.3) is 0 Å². The van der Waals surface area contributed by atoms with Crippen LogP contribution in [0.15, 0.2) is 21.5 Å². The van der Waals surface area contributed by atoms with E-state index in [4.69, 9.17) is 28.3 Å². The fourth-order valence-corrected chi connectivity index (χ4v) is 5.13. The van der Waals surface area contributed by atoms with E-state index in [1.54, 1.807) is 6.26 Å². The number of carbonyl (C=O) groups is 1. The molecule has 0 saturated carbocycles. The normalized spacial score (nSPS) is 13.1. The molecule has 0 aliphatic rings. The maximum absolute atomic E-state index is 12.3. The molecular weight excluding hydrogens is 425 g/mol. The van der Waals surface area contributed by atoms with Crippen molar-refractivity contribution in [2.75, 3.05) is 12.0 Å². The summed E-state index contributed by atoms with van der Waals surface area (Å²) in [6, 6.07) is 1.51. The summed E-state index contributed by atoms with van der Waals surface area (Å²) in [4.78, 5) is 10.8. The predicted octanol–water partition coefficient (Wildman–Crippen LogP) is 3.24. The lowest BCUT2D eigenvalue weighted by Gasteiger charge is -2.16.